The Balaban J connectivity index is 0.000000180. The van der Waals surface area contributed by atoms with Crippen LogP contribution in [0.5, 0.6) is 0 Å². The minimum atomic E-state index is 0.583. The van der Waals surface area contributed by atoms with Crippen molar-refractivity contribution in [1.29, 1.82) is 0 Å². The Morgan fingerprint density at radius 3 is 2.60 bits per heavy atom. The Labute approximate surface area is 64.7 Å². The number of aromatic nitrogens is 3. The summed E-state index contributed by atoms with van der Waals surface area (Å²) in [6.45, 7) is 3.94. The first-order chi connectivity index (χ1) is 4.91. The number of rotatable bonds is 1. The summed E-state index contributed by atoms with van der Waals surface area (Å²) < 4.78 is 10.0. The van der Waals surface area contributed by atoms with Crippen LogP contribution in [0.15, 0.2) is 12.7 Å². The van der Waals surface area contributed by atoms with Gasteiger partial charge in [-0.1, -0.05) is 6.08 Å². The Morgan fingerprint density at radius 2 is 2.50 bits per heavy atom. The standard InChI is InChI=1S/C3H7N.H4N3P3/c1-2-3-4;1-4-2-6-3-5-1/h2H,1,3-4H2;1,4-5H,(H,2,3). The van der Waals surface area contributed by atoms with Crippen LogP contribution in [-0.4, -0.2) is 20.1 Å². The number of aromatic amines is 2. The molecule has 7 heteroatoms. The lowest BCUT2D eigenvalue weighted by Gasteiger charge is -1.75. The summed E-state index contributed by atoms with van der Waals surface area (Å²) in [7, 11) is 2.36. The van der Waals surface area contributed by atoms with Crippen LogP contribution in [0.1, 0.15) is 0 Å². The first-order valence-corrected chi connectivity index (χ1v) is 5.42. The van der Waals surface area contributed by atoms with Gasteiger partial charge in [-0.2, -0.15) is 4.51 Å². The fourth-order valence-electron chi connectivity index (χ4n) is 0.156. The van der Waals surface area contributed by atoms with Gasteiger partial charge in [0.15, 0.2) is 0 Å². The quantitative estimate of drug-likeness (QED) is 0.597. The molecule has 0 bridgehead atoms. The molecule has 0 aromatic carbocycles. The number of hydrogen-bond acceptors (Lipinski definition) is 2. The molecule has 2 unspecified atom stereocenters. The first-order valence-electron chi connectivity index (χ1n) is 2.62. The van der Waals surface area contributed by atoms with Crippen LogP contribution < -0.4 is 5.73 Å². The van der Waals surface area contributed by atoms with Crippen LogP contribution in [0.3, 0.4) is 0 Å². The number of nitrogens with zero attached hydrogens (tertiary/aromatic N) is 1. The van der Waals surface area contributed by atoms with Gasteiger partial charge >= 0.3 is 0 Å². The lowest BCUT2D eigenvalue weighted by atomic mass is 10.7. The van der Waals surface area contributed by atoms with Gasteiger partial charge in [-0.25, -0.2) is 0 Å². The van der Waals surface area contributed by atoms with Gasteiger partial charge in [-0.15, -0.1) is 6.58 Å². The molecule has 0 aliphatic carbocycles. The Hall–Kier alpha value is -0.0000000000000000555. The molecule has 1 aromatic heterocycles. The molecule has 10 heavy (non-hydrogen) atoms. The highest BCUT2D eigenvalue weighted by Gasteiger charge is 1.55. The van der Waals surface area contributed by atoms with E-state index >= 15 is 0 Å². The highest BCUT2D eigenvalue weighted by Crippen LogP contribution is 2.01. The zero-order valence-electron chi connectivity index (χ0n) is 5.46. The zero-order valence-corrected chi connectivity index (χ0v) is 8.36. The molecule has 4 nitrogen and oxygen atoms in total. The monoisotopic (exact) mass is 196 g/mol. The van der Waals surface area contributed by atoms with Gasteiger partial charge in [0.05, 0.1) is 0 Å². The largest absolute Gasteiger partial charge is 0.327 e. The van der Waals surface area contributed by atoms with Crippen LogP contribution >= 0.6 is 25.5 Å². The zero-order chi connectivity index (χ0) is 7.66. The maximum Gasteiger partial charge on any atom is 0.138 e. The van der Waals surface area contributed by atoms with Crippen molar-refractivity contribution >= 4 is 25.5 Å². The van der Waals surface area contributed by atoms with E-state index in [1.807, 2.05) is 0 Å². The molecule has 0 fully saturated rings. The minimum Gasteiger partial charge on any atom is -0.327 e. The summed E-state index contributed by atoms with van der Waals surface area (Å²) in [4.78, 5) is 0. The predicted octanol–water partition coefficient (Wildman–Crippen LogP) is 1.64. The molecule has 0 spiro atoms. The second kappa shape index (κ2) is 9.00. The topological polar surface area (TPSA) is 70.5 Å². The van der Waals surface area contributed by atoms with E-state index in [0.29, 0.717) is 23.6 Å². The van der Waals surface area contributed by atoms with Crippen molar-refractivity contribution in [3.63, 3.8) is 0 Å². The molecule has 1 heterocycles. The number of H-pyrrole nitrogens is 2. The molecule has 0 aliphatic rings. The van der Waals surface area contributed by atoms with Crippen molar-refractivity contribution in [2.45, 2.75) is 0 Å². The van der Waals surface area contributed by atoms with E-state index in [0.717, 1.165) is 8.51 Å². The molecule has 0 radical (unpaired) electrons. The average molecular weight is 196 g/mol. The molecular weight excluding hydrogens is 185 g/mol. The third-order valence-corrected chi connectivity index (χ3v) is 3.09. The van der Waals surface area contributed by atoms with E-state index in [1.54, 1.807) is 6.08 Å². The van der Waals surface area contributed by atoms with Crippen LogP contribution in [0, 0.1) is 0 Å². The Morgan fingerprint density at radius 1 is 1.80 bits per heavy atom. The normalized spacial score (nSPS) is 9.70. The fourth-order valence-corrected chi connectivity index (χ4v) is 2.81. The van der Waals surface area contributed by atoms with Gasteiger partial charge < -0.3 is 14.8 Å². The van der Waals surface area contributed by atoms with E-state index in [-0.39, 0.29) is 0 Å². The van der Waals surface area contributed by atoms with Crippen molar-refractivity contribution < 1.29 is 0 Å². The highest BCUT2D eigenvalue weighted by molar-refractivity contribution is 7.43. The van der Waals surface area contributed by atoms with Crippen molar-refractivity contribution in [2.75, 3.05) is 6.54 Å². The lowest BCUT2D eigenvalue weighted by molar-refractivity contribution is 1.26. The summed E-state index contributed by atoms with van der Waals surface area (Å²) in [6.07, 6.45) is 1.65. The molecular formula is C3H11N4P3. The van der Waals surface area contributed by atoms with Crippen molar-refractivity contribution in [2.24, 2.45) is 5.73 Å². The van der Waals surface area contributed by atoms with Crippen molar-refractivity contribution in [1.82, 2.24) is 13.5 Å². The van der Waals surface area contributed by atoms with Crippen molar-refractivity contribution in [3.05, 3.63) is 12.7 Å². The van der Waals surface area contributed by atoms with E-state index in [9.17, 15) is 0 Å². The third-order valence-electron chi connectivity index (χ3n) is 0.491. The first kappa shape index (κ1) is 10.0. The highest BCUT2D eigenvalue weighted by atomic mass is 31.1. The lowest BCUT2D eigenvalue weighted by Crippen LogP contribution is -1.90. The van der Waals surface area contributed by atoms with Gasteiger partial charge in [0.2, 0.25) is 0 Å². The summed E-state index contributed by atoms with van der Waals surface area (Å²) in [5, 5.41) is 0. The van der Waals surface area contributed by atoms with E-state index < -0.39 is 0 Å². The molecule has 0 saturated carbocycles. The van der Waals surface area contributed by atoms with E-state index in [1.165, 1.54) is 0 Å². The molecule has 4 N–H and O–H groups in total. The molecule has 0 aliphatic heterocycles. The smallest absolute Gasteiger partial charge is 0.138 e. The van der Waals surface area contributed by atoms with Gasteiger partial charge in [-0.3, -0.25) is 0 Å². The summed E-state index contributed by atoms with van der Waals surface area (Å²) in [5.41, 5.74) is 4.91. The minimum absolute atomic E-state index is 0.583. The van der Waals surface area contributed by atoms with E-state index in [4.69, 9.17) is 5.73 Å². The van der Waals surface area contributed by atoms with Gasteiger partial charge in [-0.05, 0) is 0 Å². The van der Waals surface area contributed by atoms with Crippen LogP contribution in [0.4, 0.5) is 0 Å². The molecule has 1 aromatic rings. The second-order valence-electron chi connectivity index (χ2n) is 1.20. The SMILES string of the molecule is C=CCN.n1p[nH][pH][nH][pH]1. The molecule has 58 valence electrons. The van der Waals surface area contributed by atoms with Crippen LogP contribution in [-0.2, 0) is 0 Å². The molecule has 0 amide bonds. The third kappa shape index (κ3) is 8.00. The predicted molar refractivity (Wildman–Crippen MR) is 51.3 cm³/mol. The Bertz CT molecular complexity index is 130. The van der Waals surface area contributed by atoms with Gasteiger partial charge in [0, 0.05) is 23.6 Å². The summed E-state index contributed by atoms with van der Waals surface area (Å²) in [5.74, 6) is 0. The fraction of sp³-hybridized carbons (Fsp3) is 0.333. The van der Waals surface area contributed by atoms with Crippen LogP contribution in [0.2, 0.25) is 0 Å². The molecule has 0 saturated heterocycles. The van der Waals surface area contributed by atoms with Crippen LogP contribution in [0.25, 0.3) is 0 Å². The number of nitrogens with one attached hydrogen (secondary N) is 2. The summed E-state index contributed by atoms with van der Waals surface area (Å²) in [6, 6.07) is 0. The molecule has 2 atom stereocenters. The van der Waals surface area contributed by atoms with Gasteiger partial charge in [0.25, 0.3) is 0 Å². The maximum absolute atomic E-state index is 4.91. The van der Waals surface area contributed by atoms with E-state index in [2.05, 4.69) is 20.1 Å². The summed E-state index contributed by atoms with van der Waals surface area (Å²) >= 11 is 0. The molecule has 1 rings (SSSR count). The second-order valence-corrected chi connectivity index (χ2v) is 4.57. The number of hydrogen-bond donors (Lipinski definition) is 3. The van der Waals surface area contributed by atoms with Crippen molar-refractivity contribution in [3.8, 4) is 0 Å². The number of nitrogens with two attached hydrogens (primary N) is 1. The van der Waals surface area contributed by atoms with Gasteiger partial charge in [0.1, 0.15) is 8.51 Å². The average Bonchev–Trinajstić information content (AvgIpc) is 2.08. The Kier molecular flexibility index (Phi) is 9.00. The maximum atomic E-state index is 4.91.